The van der Waals surface area contributed by atoms with Crippen molar-refractivity contribution in [2.45, 2.75) is 0 Å². The molecular formula is C17H11N3O2S. The predicted octanol–water partition coefficient (Wildman–Crippen LogP) is 3.79. The monoisotopic (exact) mass is 321 g/mol. The average molecular weight is 321 g/mol. The van der Waals surface area contributed by atoms with Gasteiger partial charge in [0.2, 0.25) is 0 Å². The topological polar surface area (TPSA) is 89.1 Å². The molecule has 0 unspecified atom stereocenters. The molecule has 0 fully saturated rings. The molecule has 0 aliphatic carbocycles. The van der Waals surface area contributed by atoms with Crippen LogP contribution in [0.1, 0.15) is 10.4 Å². The highest BCUT2D eigenvalue weighted by atomic mass is 32.1. The van der Waals surface area contributed by atoms with Crippen molar-refractivity contribution >= 4 is 43.4 Å². The zero-order valence-electron chi connectivity index (χ0n) is 11.9. The summed E-state index contributed by atoms with van der Waals surface area (Å²) in [4.78, 5) is 19.5. The van der Waals surface area contributed by atoms with Gasteiger partial charge in [0.05, 0.1) is 15.8 Å². The minimum atomic E-state index is -0.933. The Morgan fingerprint density at radius 1 is 1.09 bits per heavy atom. The summed E-state index contributed by atoms with van der Waals surface area (Å²) in [5.74, 6) is -0.455. The van der Waals surface area contributed by atoms with E-state index in [4.69, 9.17) is 10.8 Å². The smallest absolute Gasteiger partial charge is 0.335 e. The molecule has 0 radical (unpaired) electrons. The summed E-state index contributed by atoms with van der Waals surface area (Å²) in [7, 11) is 0. The van der Waals surface area contributed by atoms with Gasteiger partial charge in [0.1, 0.15) is 12.1 Å². The van der Waals surface area contributed by atoms with Crippen molar-refractivity contribution in [1.29, 1.82) is 0 Å². The van der Waals surface area contributed by atoms with Crippen LogP contribution >= 0.6 is 11.3 Å². The molecule has 0 saturated carbocycles. The van der Waals surface area contributed by atoms with Gasteiger partial charge in [-0.2, -0.15) is 0 Å². The Morgan fingerprint density at radius 2 is 1.91 bits per heavy atom. The molecule has 0 aliphatic heterocycles. The summed E-state index contributed by atoms with van der Waals surface area (Å²) in [6.45, 7) is 0. The van der Waals surface area contributed by atoms with E-state index in [-0.39, 0.29) is 5.56 Å². The highest BCUT2D eigenvalue weighted by Crippen LogP contribution is 2.37. The number of carbonyl (C=O) groups is 1. The number of nitrogens with zero attached hydrogens (tertiary/aromatic N) is 2. The Kier molecular flexibility index (Phi) is 2.99. The lowest BCUT2D eigenvalue weighted by Gasteiger charge is -2.03. The van der Waals surface area contributed by atoms with E-state index in [1.165, 1.54) is 6.33 Å². The van der Waals surface area contributed by atoms with Crippen LogP contribution in [0.2, 0.25) is 0 Å². The maximum Gasteiger partial charge on any atom is 0.335 e. The first-order valence-corrected chi connectivity index (χ1v) is 7.71. The second-order valence-corrected chi connectivity index (χ2v) is 6.19. The summed E-state index contributed by atoms with van der Waals surface area (Å²) in [5.41, 5.74) is 8.86. The number of nitrogen functional groups attached to an aromatic ring is 1. The first kappa shape index (κ1) is 13.7. The van der Waals surface area contributed by atoms with Gasteiger partial charge < -0.3 is 10.8 Å². The van der Waals surface area contributed by atoms with Gasteiger partial charge >= 0.3 is 5.97 Å². The molecule has 4 rings (SSSR count). The van der Waals surface area contributed by atoms with Crippen LogP contribution in [0.25, 0.3) is 31.4 Å². The van der Waals surface area contributed by atoms with Crippen molar-refractivity contribution < 1.29 is 9.90 Å². The quantitative estimate of drug-likeness (QED) is 0.586. The van der Waals surface area contributed by atoms with Crippen LogP contribution in [-0.4, -0.2) is 21.0 Å². The number of aromatic nitrogens is 2. The Hall–Kier alpha value is -2.99. The number of aromatic carboxylic acids is 1. The second kappa shape index (κ2) is 5.03. The largest absolute Gasteiger partial charge is 0.478 e. The number of rotatable bonds is 2. The fourth-order valence-electron chi connectivity index (χ4n) is 2.60. The van der Waals surface area contributed by atoms with Gasteiger partial charge in [0, 0.05) is 10.1 Å². The normalized spacial score (nSPS) is 11.1. The van der Waals surface area contributed by atoms with E-state index in [2.05, 4.69) is 9.97 Å². The molecule has 0 atom stereocenters. The number of benzene rings is 2. The van der Waals surface area contributed by atoms with Crippen LogP contribution in [-0.2, 0) is 0 Å². The number of hydrogen-bond donors (Lipinski definition) is 2. The summed E-state index contributed by atoms with van der Waals surface area (Å²) in [6, 6.07) is 12.9. The van der Waals surface area contributed by atoms with E-state index in [9.17, 15) is 4.79 Å². The van der Waals surface area contributed by atoms with Crippen molar-refractivity contribution in [1.82, 2.24) is 9.97 Å². The lowest BCUT2D eigenvalue weighted by molar-refractivity contribution is 0.0697. The van der Waals surface area contributed by atoms with E-state index in [0.29, 0.717) is 5.82 Å². The maximum absolute atomic E-state index is 11.1. The van der Waals surface area contributed by atoms with Crippen molar-refractivity contribution in [3.05, 3.63) is 54.4 Å². The minimum absolute atomic E-state index is 0.272. The van der Waals surface area contributed by atoms with E-state index in [1.807, 2.05) is 24.3 Å². The van der Waals surface area contributed by atoms with Crippen LogP contribution in [0.5, 0.6) is 0 Å². The average Bonchev–Trinajstić information content (AvgIpc) is 2.94. The number of carboxylic acids is 1. The molecular weight excluding hydrogens is 310 g/mol. The SMILES string of the molecule is Nc1ncnc2c1sc1cc(-c3cccc(C(=O)O)c3)ccc12. The van der Waals surface area contributed by atoms with Gasteiger partial charge in [-0.05, 0) is 29.3 Å². The molecule has 3 N–H and O–H groups in total. The minimum Gasteiger partial charge on any atom is -0.478 e. The van der Waals surface area contributed by atoms with Crippen LogP contribution in [0.3, 0.4) is 0 Å². The molecule has 23 heavy (non-hydrogen) atoms. The van der Waals surface area contributed by atoms with Crippen LogP contribution in [0, 0.1) is 0 Å². The number of carboxylic acid groups (broad SMARTS) is 1. The van der Waals surface area contributed by atoms with E-state index in [1.54, 1.807) is 29.5 Å². The lowest BCUT2D eigenvalue weighted by Crippen LogP contribution is -1.95. The summed E-state index contributed by atoms with van der Waals surface area (Å²) in [5, 5.41) is 10.2. The third-order valence-corrected chi connectivity index (χ3v) is 4.89. The molecule has 6 heteroatoms. The third kappa shape index (κ3) is 2.20. The molecule has 2 aromatic heterocycles. The first-order valence-electron chi connectivity index (χ1n) is 6.90. The number of nitrogens with two attached hydrogens (primary N) is 1. The second-order valence-electron chi connectivity index (χ2n) is 5.14. The number of fused-ring (bicyclic) bond motifs is 3. The molecule has 0 bridgehead atoms. The van der Waals surface area contributed by atoms with Crippen LogP contribution in [0.15, 0.2) is 48.8 Å². The maximum atomic E-state index is 11.1. The molecule has 4 aromatic rings. The summed E-state index contributed by atoms with van der Waals surface area (Å²) >= 11 is 1.54. The molecule has 5 nitrogen and oxygen atoms in total. The van der Waals surface area contributed by atoms with Gasteiger partial charge in [0.15, 0.2) is 0 Å². The zero-order valence-corrected chi connectivity index (χ0v) is 12.7. The van der Waals surface area contributed by atoms with Crippen LogP contribution < -0.4 is 5.73 Å². The highest BCUT2D eigenvalue weighted by molar-refractivity contribution is 7.26. The van der Waals surface area contributed by atoms with Gasteiger partial charge in [-0.3, -0.25) is 0 Å². The van der Waals surface area contributed by atoms with Crippen molar-refractivity contribution in [3.8, 4) is 11.1 Å². The number of anilines is 1. The van der Waals surface area contributed by atoms with Crippen molar-refractivity contribution in [3.63, 3.8) is 0 Å². The first-order chi connectivity index (χ1) is 11.1. The zero-order chi connectivity index (χ0) is 16.0. The standard InChI is InChI=1S/C17H11N3O2S/c18-16-15-14(19-8-20-16)12-5-4-10(7-13(12)23-15)9-2-1-3-11(6-9)17(21)22/h1-8H,(H,21,22)(H2,18,19,20). The molecule has 2 aromatic carbocycles. The lowest BCUT2D eigenvalue weighted by atomic mass is 10.0. The Balaban J connectivity index is 1.92. The van der Waals surface area contributed by atoms with Gasteiger partial charge in [0.25, 0.3) is 0 Å². The fourth-order valence-corrected chi connectivity index (χ4v) is 3.70. The third-order valence-electron chi connectivity index (χ3n) is 3.72. The number of thiophene rings is 1. The summed E-state index contributed by atoms with van der Waals surface area (Å²) < 4.78 is 1.92. The van der Waals surface area contributed by atoms with Crippen LogP contribution in [0.4, 0.5) is 5.82 Å². The van der Waals surface area contributed by atoms with Gasteiger partial charge in [-0.25, -0.2) is 14.8 Å². The number of hydrogen-bond acceptors (Lipinski definition) is 5. The Morgan fingerprint density at radius 3 is 2.74 bits per heavy atom. The van der Waals surface area contributed by atoms with Crippen molar-refractivity contribution in [2.75, 3.05) is 5.73 Å². The highest BCUT2D eigenvalue weighted by Gasteiger charge is 2.11. The fraction of sp³-hybridized carbons (Fsp3) is 0. The van der Waals surface area contributed by atoms with E-state index >= 15 is 0 Å². The van der Waals surface area contributed by atoms with E-state index < -0.39 is 5.97 Å². The van der Waals surface area contributed by atoms with Gasteiger partial charge in [-0.1, -0.05) is 24.3 Å². The predicted molar refractivity (Wildman–Crippen MR) is 91.7 cm³/mol. The molecule has 0 saturated heterocycles. The van der Waals surface area contributed by atoms with Gasteiger partial charge in [-0.15, -0.1) is 11.3 Å². The van der Waals surface area contributed by atoms with Crippen molar-refractivity contribution in [2.24, 2.45) is 0 Å². The molecule has 2 heterocycles. The molecule has 112 valence electrons. The molecule has 0 spiro atoms. The summed E-state index contributed by atoms with van der Waals surface area (Å²) in [6.07, 6.45) is 1.47. The molecule has 0 aliphatic rings. The Labute approximate surface area is 135 Å². The van der Waals surface area contributed by atoms with E-state index in [0.717, 1.165) is 31.4 Å². The molecule has 0 amide bonds. The Bertz CT molecular complexity index is 1070.